The SMILES string of the molecule is CCC[C@@H]1O[C@H](COCc2ccccc2)[C@H]2OCc3ccccc3[C@@H]2[C@H]1COCc1ccccc1. The molecule has 4 heteroatoms. The molecule has 0 bridgehead atoms. The minimum Gasteiger partial charge on any atom is -0.376 e. The summed E-state index contributed by atoms with van der Waals surface area (Å²) < 4.78 is 25.7. The second-order valence-electron chi connectivity index (χ2n) is 9.67. The van der Waals surface area contributed by atoms with Crippen molar-refractivity contribution in [3.63, 3.8) is 0 Å². The molecule has 2 heterocycles. The van der Waals surface area contributed by atoms with E-state index in [0.717, 1.165) is 12.8 Å². The van der Waals surface area contributed by atoms with E-state index in [2.05, 4.69) is 67.6 Å². The zero-order chi connectivity index (χ0) is 23.9. The zero-order valence-corrected chi connectivity index (χ0v) is 20.6. The van der Waals surface area contributed by atoms with Gasteiger partial charge in [0.25, 0.3) is 0 Å². The molecule has 0 unspecified atom stereocenters. The van der Waals surface area contributed by atoms with Gasteiger partial charge in [0.2, 0.25) is 0 Å². The Morgan fingerprint density at radius 3 is 2.06 bits per heavy atom. The molecule has 0 aliphatic carbocycles. The maximum absolute atomic E-state index is 6.73. The molecule has 1 saturated heterocycles. The van der Waals surface area contributed by atoms with Gasteiger partial charge in [-0.2, -0.15) is 0 Å². The Morgan fingerprint density at radius 1 is 0.743 bits per heavy atom. The van der Waals surface area contributed by atoms with E-state index in [1.165, 1.54) is 22.3 Å². The fourth-order valence-electron chi connectivity index (χ4n) is 5.57. The second-order valence-corrected chi connectivity index (χ2v) is 9.67. The Labute approximate surface area is 209 Å². The number of rotatable bonds is 10. The fourth-order valence-corrected chi connectivity index (χ4v) is 5.57. The second kappa shape index (κ2) is 12.0. The van der Waals surface area contributed by atoms with Gasteiger partial charge in [0, 0.05) is 11.8 Å². The zero-order valence-electron chi connectivity index (χ0n) is 20.6. The summed E-state index contributed by atoms with van der Waals surface area (Å²) in [7, 11) is 0. The molecule has 0 amide bonds. The molecule has 0 radical (unpaired) electrons. The van der Waals surface area contributed by atoms with Crippen LogP contribution in [0.25, 0.3) is 0 Å². The average molecular weight is 473 g/mol. The van der Waals surface area contributed by atoms with E-state index in [1.54, 1.807) is 0 Å². The van der Waals surface area contributed by atoms with Gasteiger partial charge in [-0.25, -0.2) is 0 Å². The van der Waals surface area contributed by atoms with E-state index in [-0.39, 0.29) is 30.1 Å². The molecule has 5 atom stereocenters. The molecule has 2 aliphatic rings. The van der Waals surface area contributed by atoms with Crippen molar-refractivity contribution in [2.24, 2.45) is 5.92 Å². The van der Waals surface area contributed by atoms with Crippen molar-refractivity contribution in [2.45, 2.75) is 63.8 Å². The summed E-state index contributed by atoms with van der Waals surface area (Å²) in [6.07, 6.45) is 2.03. The molecule has 3 aromatic rings. The number of fused-ring (bicyclic) bond motifs is 3. The monoisotopic (exact) mass is 472 g/mol. The lowest BCUT2D eigenvalue weighted by Gasteiger charge is -2.49. The van der Waals surface area contributed by atoms with Gasteiger partial charge in [0.15, 0.2) is 0 Å². The van der Waals surface area contributed by atoms with Crippen molar-refractivity contribution < 1.29 is 18.9 Å². The van der Waals surface area contributed by atoms with E-state index in [0.29, 0.717) is 33.0 Å². The van der Waals surface area contributed by atoms with Gasteiger partial charge >= 0.3 is 0 Å². The number of benzene rings is 3. The largest absolute Gasteiger partial charge is 0.376 e. The van der Waals surface area contributed by atoms with E-state index in [9.17, 15) is 0 Å². The molecule has 0 N–H and O–H groups in total. The van der Waals surface area contributed by atoms with Crippen LogP contribution in [0.5, 0.6) is 0 Å². The summed E-state index contributed by atoms with van der Waals surface area (Å²) in [5.41, 5.74) is 5.03. The van der Waals surface area contributed by atoms with Crippen molar-refractivity contribution in [2.75, 3.05) is 13.2 Å². The average Bonchev–Trinajstić information content (AvgIpc) is 2.91. The third-order valence-corrected chi connectivity index (χ3v) is 7.24. The smallest absolute Gasteiger partial charge is 0.108 e. The predicted octanol–water partition coefficient (Wildman–Crippen LogP) is 6.29. The standard InChI is InChI=1S/C31H36O4/c1-2-11-28-27(21-32-18-23-12-5-3-6-13-23)30-26-17-10-9-16-25(26)20-34-31(30)29(35-28)22-33-19-24-14-7-4-8-15-24/h3-10,12-17,27-31H,2,11,18-22H2,1H3/t27-,28-,29+,30+,31+/m0/s1. The molecule has 4 nitrogen and oxygen atoms in total. The highest BCUT2D eigenvalue weighted by molar-refractivity contribution is 5.34. The Bertz CT molecular complexity index is 1040. The molecule has 0 saturated carbocycles. The van der Waals surface area contributed by atoms with Crippen LogP contribution in [0.4, 0.5) is 0 Å². The molecular formula is C31H36O4. The van der Waals surface area contributed by atoms with E-state index in [1.807, 2.05) is 24.3 Å². The number of ether oxygens (including phenoxy) is 4. The van der Waals surface area contributed by atoms with Crippen LogP contribution in [0.1, 0.15) is 47.9 Å². The summed E-state index contributed by atoms with van der Waals surface area (Å²) >= 11 is 0. The molecule has 35 heavy (non-hydrogen) atoms. The van der Waals surface area contributed by atoms with Gasteiger partial charge in [0.1, 0.15) is 6.10 Å². The Hall–Kier alpha value is -2.50. The van der Waals surface area contributed by atoms with Gasteiger partial charge in [0.05, 0.1) is 45.2 Å². The highest BCUT2D eigenvalue weighted by Gasteiger charge is 2.49. The van der Waals surface area contributed by atoms with Gasteiger partial charge in [-0.15, -0.1) is 0 Å². The van der Waals surface area contributed by atoms with Gasteiger partial charge < -0.3 is 18.9 Å². The summed E-state index contributed by atoms with van der Waals surface area (Å²) in [6, 6.07) is 29.4. The maximum atomic E-state index is 6.73. The third-order valence-electron chi connectivity index (χ3n) is 7.24. The highest BCUT2D eigenvalue weighted by Crippen LogP contribution is 2.45. The molecular weight excluding hydrogens is 436 g/mol. The molecule has 1 fully saturated rings. The normalized spacial score (nSPS) is 25.6. The first kappa shape index (κ1) is 24.2. The Kier molecular flexibility index (Phi) is 8.27. The minimum atomic E-state index is -0.0982. The van der Waals surface area contributed by atoms with Crippen molar-refractivity contribution in [1.82, 2.24) is 0 Å². The molecule has 184 valence electrons. The first-order valence-corrected chi connectivity index (χ1v) is 12.9. The predicted molar refractivity (Wildman–Crippen MR) is 137 cm³/mol. The van der Waals surface area contributed by atoms with Gasteiger partial charge in [-0.05, 0) is 28.7 Å². The fraction of sp³-hybridized carbons (Fsp3) is 0.419. The van der Waals surface area contributed by atoms with Crippen molar-refractivity contribution in [1.29, 1.82) is 0 Å². The summed E-state index contributed by atoms with van der Waals surface area (Å²) in [4.78, 5) is 0. The van der Waals surface area contributed by atoms with Gasteiger partial charge in [-0.3, -0.25) is 0 Å². The van der Waals surface area contributed by atoms with Crippen molar-refractivity contribution in [3.8, 4) is 0 Å². The lowest BCUT2D eigenvalue weighted by Crippen LogP contribution is -2.55. The van der Waals surface area contributed by atoms with Crippen molar-refractivity contribution in [3.05, 3.63) is 107 Å². The topological polar surface area (TPSA) is 36.9 Å². The third kappa shape index (κ3) is 5.84. The van der Waals surface area contributed by atoms with Crippen LogP contribution in [0, 0.1) is 5.92 Å². The van der Waals surface area contributed by atoms with Gasteiger partial charge in [-0.1, -0.05) is 98.3 Å². The molecule has 3 aromatic carbocycles. The highest BCUT2D eigenvalue weighted by atomic mass is 16.6. The molecule has 2 aliphatic heterocycles. The van der Waals surface area contributed by atoms with E-state index in [4.69, 9.17) is 18.9 Å². The van der Waals surface area contributed by atoms with Crippen LogP contribution in [-0.2, 0) is 38.8 Å². The van der Waals surface area contributed by atoms with Crippen molar-refractivity contribution >= 4 is 0 Å². The summed E-state index contributed by atoms with van der Waals surface area (Å²) in [5.74, 6) is 0.460. The van der Waals surface area contributed by atoms with Crippen LogP contribution < -0.4 is 0 Å². The van der Waals surface area contributed by atoms with E-state index >= 15 is 0 Å². The summed E-state index contributed by atoms with van der Waals surface area (Å²) in [6.45, 7) is 5.21. The quantitative estimate of drug-likeness (QED) is 0.348. The molecule has 0 spiro atoms. The maximum Gasteiger partial charge on any atom is 0.108 e. The molecule has 5 rings (SSSR count). The minimum absolute atomic E-state index is 0.0425. The first-order valence-electron chi connectivity index (χ1n) is 12.9. The van der Waals surface area contributed by atoms with Crippen LogP contribution in [0.3, 0.4) is 0 Å². The number of hydrogen-bond acceptors (Lipinski definition) is 4. The Balaban J connectivity index is 1.34. The summed E-state index contributed by atoms with van der Waals surface area (Å²) in [5, 5.41) is 0. The molecule has 0 aromatic heterocycles. The lowest BCUT2D eigenvalue weighted by molar-refractivity contribution is -0.211. The van der Waals surface area contributed by atoms with Crippen LogP contribution in [0.15, 0.2) is 84.9 Å². The first-order chi connectivity index (χ1) is 17.3. The Morgan fingerprint density at radius 2 is 1.37 bits per heavy atom. The van der Waals surface area contributed by atoms with Crippen LogP contribution in [0.2, 0.25) is 0 Å². The number of hydrogen-bond donors (Lipinski definition) is 0. The lowest BCUT2D eigenvalue weighted by atomic mass is 9.72. The van der Waals surface area contributed by atoms with E-state index < -0.39 is 0 Å². The van der Waals surface area contributed by atoms with Crippen LogP contribution >= 0.6 is 0 Å². The van der Waals surface area contributed by atoms with Crippen LogP contribution in [-0.4, -0.2) is 31.5 Å².